The number of thiol groups is 1. The normalized spacial score (nSPS) is 12.9. The molecule has 0 spiro atoms. The van der Waals surface area contributed by atoms with E-state index < -0.39 is 0 Å². The maximum Gasteiger partial charge on any atom is 0.245 e. The smallest absolute Gasteiger partial charge is 0.245 e. The van der Waals surface area contributed by atoms with Gasteiger partial charge in [0.2, 0.25) is 5.91 Å². The molecule has 0 rings (SSSR count). The van der Waals surface area contributed by atoms with Crippen molar-refractivity contribution in [3.05, 3.63) is 107 Å². The summed E-state index contributed by atoms with van der Waals surface area (Å²) in [6.45, 7) is 37.6. The minimum atomic E-state index is -0.146. The lowest BCUT2D eigenvalue weighted by molar-refractivity contribution is -0.116. The molecule has 0 aromatic heterocycles. The predicted molar refractivity (Wildman–Crippen MR) is 234 cm³/mol. The van der Waals surface area contributed by atoms with E-state index in [1.54, 1.807) is 7.05 Å². The van der Waals surface area contributed by atoms with Crippen LogP contribution in [-0.2, 0) is 4.79 Å². The molecule has 1 unspecified atom stereocenters. The first kappa shape index (κ1) is 54.4. The van der Waals surface area contributed by atoms with Crippen LogP contribution in [0.4, 0.5) is 0 Å². The Bertz CT molecular complexity index is 1220. The Kier molecular flexibility index (Phi) is 34.7. The average Bonchev–Trinajstić information content (AvgIpc) is 3.02. The van der Waals surface area contributed by atoms with Crippen molar-refractivity contribution in [1.82, 2.24) is 26.0 Å². The molecule has 0 aromatic rings. The van der Waals surface area contributed by atoms with Gasteiger partial charge in [0.1, 0.15) is 0 Å². The van der Waals surface area contributed by atoms with Gasteiger partial charge in [-0.15, -0.1) is 12.6 Å². The number of allylic oxidation sites excluding steroid dienone is 11. The lowest BCUT2D eigenvalue weighted by Crippen LogP contribution is -2.31. The molecule has 1 atom stereocenters. The minimum Gasteiger partial charge on any atom is -0.362 e. The van der Waals surface area contributed by atoms with Gasteiger partial charge >= 0.3 is 0 Å². The highest BCUT2D eigenvalue weighted by molar-refractivity contribution is 7.84. The van der Waals surface area contributed by atoms with Crippen LogP contribution in [-0.4, -0.2) is 70.0 Å². The van der Waals surface area contributed by atoms with Gasteiger partial charge < -0.3 is 26.7 Å². The van der Waals surface area contributed by atoms with E-state index in [1.165, 1.54) is 23.6 Å². The third-order valence-electron chi connectivity index (χ3n) is 6.22. The second-order valence-corrected chi connectivity index (χ2v) is 14.5. The first-order chi connectivity index (χ1) is 23.6. The van der Waals surface area contributed by atoms with Crippen molar-refractivity contribution in [2.45, 2.75) is 95.5 Å². The number of carbonyl (C=O) groups is 1. The maximum atomic E-state index is 11.4. The van der Waals surface area contributed by atoms with Crippen molar-refractivity contribution in [1.29, 1.82) is 0 Å². The molecule has 0 aromatic carbocycles. The largest absolute Gasteiger partial charge is 0.362 e. The molecule has 0 saturated carbocycles. The number of aliphatic imine (C=N–C) groups is 1. The van der Waals surface area contributed by atoms with E-state index in [4.69, 9.17) is 5.73 Å². The molecule has 0 bridgehead atoms. The van der Waals surface area contributed by atoms with Gasteiger partial charge in [0, 0.05) is 58.2 Å². The summed E-state index contributed by atoms with van der Waals surface area (Å²) >= 11 is 4.11. The fourth-order valence-electron chi connectivity index (χ4n) is 3.77. The molecule has 0 aliphatic carbocycles. The van der Waals surface area contributed by atoms with Gasteiger partial charge in [-0.3, -0.25) is 9.79 Å². The standard InChI is InChI=1S/C15H25N3O.C15H27NS.C10H19N3.C2H6/c1-12(2)7-6-8-13(3)9-14(18(5)11-16)10-15(19)17-4;1-12(8-7-9-14(3)17)11-16-13(2)10-15(4,5)6;1-8(2)10(12-13(5)6)7-9(3)11-4;1-2/h6-10H,11,16H2,1-5H3,(H,17,19);7-9,13,16-17H,3,10-11H2,1-2,4-6H3;7-8,12H,3-4H2,1-2,5-6H3;1-2H3/b8-6-,13-9+,14-10-;9-7-,12-8+;10-7-;. The average molecular weight is 728 g/mol. The molecule has 8 nitrogen and oxygen atoms in total. The Hall–Kier alpha value is -3.37. The number of nitrogens with one attached hydrogen (secondary N) is 3. The van der Waals surface area contributed by atoms with Crippen molar-refractivity contribution >= 4 is 25.3 Å². The zero-order chi connectivity index (χ0) is 40.7. The number of nitrogens with zero attached hydrogens (tertiary/aromatic N) is 3. The van der Waals surface area contributed by atoms with Crippen molar-refractivity contribution < 1.29 is 4.79 Å². The third kappa shape index (κ3) is 39.3. The van der Waals surface area contributed by atoms with Gasteiger partial charge in [-0.05, 0) is 87.8 Å². The van der Waals surface area contributed by atoms with E-state index in [0.717, 1.165) is 28.4 Å². The van der Waals surface area contributed by atoms with Crippen LogP contribution < -0.4 is 21.8 Å². The van der Waals surface area contributed by atoms with E-state index >= 15 is 0 Å². The zero-order valence-electron chi connectivity index (χ0n) is 35.4. The minimum absolute atomic E-state index is 0.146. The van der Waals surface area contributed by atoms with E-state index in [1.807, 2.05) is 108 Å². The molecule has 51 heavy (non-hydrogen) atoms. The summed E-state index contributed by atoms with van der Waals surface area (Å²) in [6.07, 6.45) is 18.5. The summed E-state index contributed by atoms with van der Waals surface area (Å²) in [7, 11) is 7.34. The van der Waals surface area contributed by atoms with Gasteiger partial charge in [-0.1, -0.05) is 103 Å². The van der Waals surface area contributed by atoms with Crippen LogP contribution in [0.2, 0.25) is 0 Å². The summed E-state index contributed by atoms with van der Waals surface area (Å²) in [5, 5.41) is 7.99. The Labute approximate surface area is 320 Å². The van der Waals surface area contributed by atoms with Crippen LogP contribution in [0.3, 0.4) is 0 Å². The fraction of sp³-hybridized carbons (Fsp3) is 0.524. The van der Waals surface area contributed by atoms with Gasteiger partial charge in [0.25, 0.3) is 0 Å². The quantitative estimate of drug-likeness (QED) is 0.0256. The molecule has 9 heteroatoms. The molecule has 0 aliphatic rings. The molecule has 0 aliphatic heterocycles. The molecule has 0 heterocycles. The number of carbonyl (C=O) groups excluding carboxylic acids is 1. The number of likely N-dealkylation sites (N-methyl/N-ethyl adjacent to an activating group) is 2. The zero-order valence-corrected chi connectivity index (χ0v) is 36.3. The van der Waals surface area contributed by atoms with E-state index in [2.05, 4.69) is 108 Å². The van der Waals surface area contributed by atoms with Crippen LogP contribution in [0.1, 0.15) is 89.5 Å². The lowest BCUT2D eigenvalue weighted by atomic mass is 9.88. The SMILES string of the molecule is C=C(S)/C=C\C=C(/C)CNC(C)CC(C)(C)C.C=NC(=C)/C=C(\NN(C)C)C(C)C.CC.CNC(=O)/C=C(/C=C(C)/C=C\C=C(C)C)N(C)CN. The second kappa shape index (κ2) is 32.5. The van der Waals surface area contributed by atoms with E-state index in [-0.39, 0.29) is 5.91 Å². The molecule has 0 fully saturated rings. The lowest BCUT2D eigenvalue weighted by Gasteiger charge is -2.24. The van der Waals surface area contributed by atoms with Gasteiger partial charge in [0.05, 0.1) is 12.4 Å². The Morgan fingerprint density at radius 3 is 1.90 bits per heavy atom. The summed E-state index contributed by atoms with van der Waals surface area (Å²) in [4.78, 5) is 17.7. The van der Waals surface area contributed by atoms with Crippen LogP contribution in [0.25, 0.3) is 0 Å². The Balaban J connectivity index is -0.000000322. The van der Waals surface area contributed by atoms with Gasteiger partial charge in [-0.25, -0.2) is 5.01 Å². The Morgan fingerprint density at radius 1 is 0.941 bits per heavy atom. The number of rotatable bonds is 17. The van der Waals surface area contributed by atoms with Crippen LogP contribution in [0.5, 0.6) is 0 Å². The molecule has 0 radical (unpaired) electrons. The topological polar surface area (TPSA) is 98.0 Å². The molecular formula is C42H77N7OS. The van der Waals surface area contributed by atoms with E-state index in [9.17, 15) is 4.79 Å². The third-order valence-corrected chi connectivity index (χ3v) is 6.37. The van der Waals surface area contributed by atoms with Crippen LogP contribution in [0.15, 0.2) is 112 Å². The van der Waals surface area contributed by atoms with Crippen LogP contribution in [0, 0.1) is 11.3 Å². The monoisotopic (exact) mass is 728 g/mol. The highest BCUT2D eigenvalue weighted by atomic mass is 32.1. The fourth-order valence-corrected chi connectivity index (χ4v) is 3.85. The van der Waals surface area contributed by atoms with Gasteiger partial charge in [0.15, 0.2) is 0 Å². The van der Waals surface area contributed by atoms with Crippen molar-refractivity contribution in [2.24, 2.45) is 22.1 Å². The molecule has 1 amide bonds. The number of amides is 1. The highest BCUT2D eigenvalue weighted by Crippen LogP contribution is 2.20. The first-order valence-corrected chi connectivity index (χ1v) is 18.1. The van der Waals surface area contributed by atoms with Crippen molar-refractivity contribution in [3.63, 3.8) is 0 Å². The molecular weight excluding hydrogens is 651 g/mol. The van der Waals surface area contributed by atoms with Crippen molar-refractivity contribution in [2.75, 3.05) is 41.4 Å². The van der Waals surface area contributed by atoms with Gasteiger partial charge in [-0.2, -0.15) is 0 Å². The molecule has 5 N–H and O–H groups in total. The highest BCUT2D eigenvalue weighted by Gasteiger charge is 2.14. The summed E-state index contributed by atoms with van der Waals surface area (Å²) in [6, 6.07) is 0.544. The number of hydrogen-bond acceptors (Lipinski definition) is 8. The number of hydrazine groups is 1. The maximum absolute atomic E-state index is 11.4. The summed E-state index contributed by atoms with van der Waals surface area (Å²) in [5.41, 5.74) is 15.3. The second-order valence-electron chi connectivity index (χ2n) is 13.9. The number of nitrogens with two attached hydrogens (primary N) is 1. The predicted octanol–water partition coefficient (Wildman–Crippen LogP) is 9.11. The first-order valence-electron chi connectivity index (χ1n) is 17.7. The van der Waals surface area contributed by atoms with Crippen molar-refractivity contribution in [3.8, 4) is 0 Å². The summed E-state index contributed by atoms with van der Waals surface area (Å²) in [5.74, 6) is 0.272. The Morgan fingerprint density at radius 2 is 1.49 bits per heavy atom. The van der Waals surface area contributed by atoms with Crippen LogP contribution >= 0.6 is 12.6 Å². The van der Waals surface area contributed by atoms with E-state index in [0.29, 0.717) is 29.7 Å². The number of hydrogen-bond donors (Lipinski definition) is 5. The summed E-state index contributed by atoms with van der Waals surface area (Å²) < 4.78 is 0. The molecule has 0 saturated heterocycles. The molecule has 292 valence electrons.